The van der Waals surface area contributed by atoms with Crippen molar-refractivity contribution in [1.82, 2.24) is 5.32 Å². The van der Waals surface area contributed by atoms with Crippen LogP contribution in [0.4, 0.5) is 5.69 Å². The molecule has 3 nitrogen and oxygen atoms in total. The van der Waals surface area contributed by atoms with Gasteiger partial charge < -0.3 is 10.2 Å². The molecule has 1 aromatic rings. The van der Waals surface area contributed by atoms with Gasteiger partial charge in [-0.2, -0.15) is 0 Å². The van der Waals surface area contributed by atoms with Crippen LogP contribution in [-0.2, 0) is 4.79 Å². The second-order valence-electron chi connectivity index (χ2n) is 3.62. The van der Waals surface area contributed by atoms with Gasteiger partial charge in [0, 0.05) is 5.69 Å². The molecular formula is C13H14N2O. The third kappa shape index (κ3) is 1.84. The molecule has 1 saturated heterocycles. The van der Waals surface area contributed by atoms with Crippen LogP contribution in [0.15, 0.2) is 54.4 Å². The van der Waals surface area contributed by atoms with Crippen LogP contribution in [0, 0.1) is 0 Å². The number of rotatable bonds is 1. The smallest absolute Gasteiger partial charge is 0.244 e. The molecule has 16 heavy (non-hydrogen) atoms. The Balaban J connectivity index is 2.38. The number of para-hydroxylation sites is 1. The zero-order valence-electron chi connectivity index (χ0n) is 9.23. The Hall–Kier alpha value is -2.03. The van der Waals surface area contributed by atoms with Gasteiger partial charge in [0.05, 0.1) is 11.4 Å². The van der Waals surface area contributed by atoms with Crippen molar-refractivity contribution < 1.29 is 4.79 Å². The Morgan fingerprint density at radius 3 is 2.69 bits per heavy atom. The van der Waals surface area contributed by atoms with E-state index in [1.807, 2.05) is 48.2 Å². The topological polar surface area (TPSA) is 32.3 Å². The summed E-state index contributed by atoms with van der Waals surface area (Å²) in [5.74, 6) is -0.0283. The van der Waals surface area contributed by atoms with E-state index in [0.29, 0.717) is 12.2 Å². The highest BCUT2D eigenvalue weighted by atomic mass is 16.2. The molecule has 0 atom stereocenters. The minimum Gasteiger partial charge on any atom is -0.331 e. The maximum Gasteiger partial charge on any atom is 0.244 e. The number of nitrogens with zero attached hydrogens (tertiary/aromatic N) is 1. The predicted molar refractivity (Wildman–Crippen MR) is 64.8 cm³/mol. The van der Waals surface area contributed by atoms with E-state index in [2.05, 4.69) is 11.9 Å². The van der Waals surface area contributed by atoms with E-state index in [9.17, 15) is 4.79 Å². The molecule has 82 valence electrons. The Morgan fingerprint density at radius 2 is 2.06 bits per heavy atom. The lowest BCUT2D eigenvalue weighted by Crippen LogP contribution is -2.44. The summed E-state index contributed by atoms with van der Waals surface area (Å²) in [6, 6.07) is 9.83. The molecule has 1 fully saturated rings. The maximum atomic E-state index is 11.5. The summed E-state index contributed by atoms with van der Waals surface area (Å²) in [6.45, 7) is 6.13. The van der Waals surface area contributed by atoms with Gasteiger partial charge in [-0.25, -0.2) is 0 Å². The van der Waals surface area contributed by atoms with Gasteiger partial charge in [0.2, 0.25) is 5.91 Å². The Morgan fingerprint density at radius 1 is 1.38 bits per heavy atom. The molecule has 0 radical (unpaired) electrons. The van der Waals surface area contributed by atoms with Gasteiger partial charge in [-0.05, 0) is 19.1 Å². The summed E-state index contributed by atoms with van der Waals surface area (Å²) in [5, 5.41) is 2.74. The van der Waals surface area contributed by atoms with Crippen molar-refractivity contribution in [3.05, 3.63) is 54.4 Å². The van der Waals surface area contributed by atoms with Crippen LogP contribution in [-0.4, -0.2) is 12.5 Å². The molecule has 1 aliphatic heterocycles. The van der Waals surface area contributed by atoms with E-state index in [-0.39, 0.29) is 5.91 Å². The fourth-order valence-corrected chi connectivity index (χ4v) is 1.83. The quantitative estimate of drug-likeness (QED) is 0.776. The molecule has 0 spiro atoms. The van der Waals surface area contributed by atoms with Crippen LogP contribution in [0.5, 0.6) is 0 Å². The van der Waals surface area contributed by atoms with E-state index in [4.69, 9.17) is 0 Å². The number of amides is 1. The van der Waals surface area contributed by atoms with Crippen molar-refractivity contribution >= 4 is 11.6 Å². The van der Waals surface area contributed by atoms with Crippen LogP contribution in [0.2, 0.25) is 0 Å². The van der Waals surface area contributed by atoms with Crippen molar-refractivity contribution in [1.29, 1.82) is 0 Å². The number of carbonyl (C=O) groups is 1. The Kier molecular flexibility index (Phi) is 2.77. The fraction of sp³-hybridized carbons (Fsp3) is 0.154. The molecule has 3 heteroatoms. The molecular weight excluding hydrogens is 200 g/mol. The molecule has 0 unspecified atom stereocenters. The van der Waals surface area contributed by atoms with E-state index in [1.165, 1.54) is 0 Å². The number of carbonyl (C=O) groups excluding carboxylic acids is 1. The van der Waals surface area contributed by atoms with Gasteiger partial charge in [-0.3, -0.25) is 4.79 Å². The van der Waals surface area contributed by atoms with Crippen molar-refractivity contribution in [2.45, 2.75) is 6.92 Å². The monoisotopic (exact) mass is 214 g/mol. The maximum absolute atomic E-state index is 11.5. The lowest BCUT2D eigenvalue weighted by molar-refractivity contribution is -0.119. The predicted octanol–water partition coefficient (Wildman–Crippen LogP) is 2.04. The van der Waals surface area contributed by atoms with Gasteiger partial charge in [-0.1, -0.05) is 30.9 Å². The standard InChI is InChI=1S/C13H14N2O/c1-3-12-10(2)14-13(16)9-15(12)11-7-5-4-6-8-11/h3-8H,2,9H2,1H3,(H,14,16). The number of piperazine rings is 1. The third-order valence-electron chi connectivity index (χ3n) is 2.53. The molecule has 0 aliphatic carbocycles. The van der Waals surface area contributed by atoms with E-state index in [1.54, 1.807) is 0 Å². The first-order valence-corrected chi connectivity index (χ1v) is 5.20. The molecule has 1 aromatic carbocycles. The first-order valence-electron chi connectivity index (χ1n) is 5.20. The summed E-state index contributed by atoms with van der Waals surface area (Å²) in [5.41, 5.74) is 2.61. The van der Waals surface area contributed by atoms with Crippen molar-refractivity contribution in [3.63, 3.8) is 0 Å². The number of nitrogens with one attached hydrogen (secondary N) is 1. The van der Waals surface area contributed by atoms with Crippen LogP contribution >= 0.6 is 0 Å². The molecule has 0 bridgehead atoms. The van der Waals surface area contributed by atoms with Gasteiger partial charge in [0.25, 0.3) is 0 Å². The van der Waals surface area contributed by atoms with Crippen molar-refractivity contribution in [2.75, 3.05) is 11.4 Å². The van der Waals surface area contributed by atoms with E-state index >= 15 is 0 Å². The molecule has 1 aliphatic rings. The van der Waals surface area contributed by atoms with Crippen molar-refractivity contribution in [2.24, 2.45) is 0 Å². The summed E-state index contributed by atoms with van der Waals surface area (Å²) in [4.78, 5) is 13.4. The molecule has 2 rings (SSSR count). The normalized spacial score (nSPS) is 18.8. The highest BCUT2D eigenvalue weighted by molar-refractivity contribution is 5.88. The molecule has 1 amide bonds. The Labute approximate surface area is 95.1 Å². The molecule has 1 heterocycles. The second-order valence-corrected chi connectivity index (χ2v) is 3.62. The molecule has 0 saturated carbocycles. The summed E-state index contributed by atoms with van der Waals surface area (Å²) in [6.07, 6.45) is 1.95. The van der Waals surface area contributed by atoms with Gasteiger partial charge in [0.15, 0.2) is 0 Å². The first kappa shape index (κ1) is 10.5. The molecule has 1 N–H and O–H groups in total. The SMILES string of the molecule is C=C1NC(=O)CN(c2ccccc2)C1=CC. The third-order valence-corrected chi connectivity index (χ3v) is 2.53. The zero-order valence-corrected chi connectivity index (χ0v) is 9.23. The number of anilines is 1. The van der Waals surface area contributed by atoms with Crippen LogP contribution in [0.3, 0.4) is 0 Å². The van der Waals surface area contributed by atoms with Gasteiger partial charge >= 0.3 is 0 Å². The number of hydrogen-bond donors (Lipinski definition) is 1. The minimum absolute atomic E-state index is 0.0283. The van der Waals surface area contributed by atoms with Gasteiger partial charge in [0.1, 0.15) is 6.54 Å². The number of hydrogen-bond acceptors (Lipinski definition) is 2. The first-order chi connectivity index (χ1) is 7.72. The van der Waals surface area contributed by atoms with Crippen molar-refractivity contribution in [3.8, 4) is 0 Å². The fourth-order valence-electron chi connectivity index (χ4n) is 1.83. The van der Waals surface area contributed by atoms with Crippen LogP contribution in [0.25, 0.3) is 0 Å². The average molecular weight is 214 g/mol. The number of benzene rings is 1. The van der Waals surface area contributed by atoms with E-state index < -0.39 is 0 Å². The minimum atomic E-state index is -0.0283. The van der Waals surface area contributed by atoms with Crippen LogP contribution in [0.1, 0.15) is 6.92 Å². The summed E-state index contributed by atoms with van der Waals surface area (Å²) >= 11 is 0. The highest BCUT2D eigenvalue weighted by Gasteiger charge is 2.23. The Bertz CT molecular complexity index is 448. The highest BCUT2D eigenvalue weighted by Crippen LogP contribution is 2.24. The lowest BCUT2D eigenvalue weighted by Gasteiger charge is -2.32. The average Bonchev–Trinajstić information content (AvgIpc) is 2.29. The second kappa shape index (κ2) is 4.23. The summed E-state index contributed by atoms with van der Waals surface area (Å²) in [7, 11) is 0. The lowest BCUT2D eigenvalue weighted by atomic mass is 10.2. The largest absolute Gasteiger partial charge is 0.331 e. The zero-order chi connectivity index (χ0) is 11.5. The van der Waals surface area contributed by atoms with Crippen LogP contribution < -0.4 is 10.2 Å². The van der Waals surface area contributed by atoms with E-state index in [0.717, 1.165) is 11.4 Å². The molecule has 0 aromatic heterocycles. The number of allylic oxidation sites excluding steroid dienone is 1. The van der Waals surface area contributed by atoms with Gasteiger partial charge in [-0.15, -0.1) is 0 Å². The summed E-state index contributed by atoms with van der Waals surface area (Å²) < 4.78 is 0.